The number of nitrogens with zero attached hydrogens (tertiary/aromatic N) is 5. The van der Waals surface area contributed by atoms with Gasteiger partial charge >= 0.3 is 0 Å². The van der Waals surface area contributed by atoms with Gasteiger partial charge in [-0.05, 0) is 18.9 Å². The lowest BCUT2D eigenvalue weighted by molar-refractivity contribution is -0.120. The molecule has 1 amide bonds. The molecule has 9 nitrogen and oxygen atoms in total. The van der Waals surface area contributed by atoms with Crippen LogP contribution in [-0.2, 0) is 31.2 Å². The van der Waals surface area contributed by atoms with Gasteiger partial charge < -0.3 is 15.1 Å². The number of aromatic amines is 1. The monoisotopic (exact) mass is 413 g/mol. The first-order valence-electron chi connectivity index (χ1n) is 9.87. The number of thiophene rings is 1. The number of rotatable bonds is 3. The van der Waals surface area contributed by atoms with E-state index in [0.29, 0.717) is 32.0 Å². The van der Waals surface area contributed by atoms with E-state index in [0.717, 1.165) is 40.3 Å². The summed E-state index contributed by atoms with van der Waals surface area (Å²) in [6.07, 6.45) is 1.63. The van der Waals surface area contributed by atoms with Crippen LogP contribution < -0.4 is 20.7 Å². The smallest absolute Gasteiger partial charge is 0.269 e. The van der Waals surface area contributed by atoms with Crippen molar-refractivity contribution in [2.24, 2.45) is 7.05 Å². The quantitative estimate of drug-likeness (QED) is 0.658. The first kappa shape index (κ1) is 18.2. The molecule has 3 aromatic rings. The molecule has 0 bridgehead atoms. The maximum absolute atomic E-state index is 12.2. The molecular formula is C19H23N7O2S. The molecule has 5 heterocycles. The molecule has 3 aromatic heterocycles. The van der Waals surface area contributed by atoms with Crippen LogP contribution in [0.15, 0.2) is 10.9 Å². The zero-order chi connectivity index (χ0) is 20.1. The largest absolute Gasteiger partial charge is 0.353 e. The van der Waals surface area contributed by atoms with E-state index in [1.54, 1.807) is 23.1 Å². The number of carbonyl (C=O) groups is 1. The molecule has 0 aliphatic carbocycles. The fourth-order valence-corrected chi connectivity index (χ4v) is 5.01. The van der Waals surface area contributed by atoms with Crippen LogP contribution in [-0.4, -0.2) is 51.8 Å². The summed E-state index contributed by atoms with van der Waals surface area (Å²) in [7, 11) is 1.75. The summed E-state index contributed by atoms with van der Waals surface area (Å²) in [5.41, 5.74) is 1.86. The molecule has 152 valence electrons. The minimum absolute atomic E-state index is 0.00796. The van der Waals surface area contributed by atoms with Crippen LogP contribution >= 0.6 is 11.3 Å². The Morgan fingerprint density at radius 2 is 2.03 bits per heavy atom. The van der Waals surface area contributed by atoms with Gasteiger partial charge in [0.15, 0.2) is 0 Å². The van der Waals surface area contributed by atoms with Gasteiger partial charge in [-0.15, -0.1) is 11.3 Å². The van der Waals surface area contributed by atoms with E-state index in [2.05, 4.69) is 28.3 Å². The number of aromatic nitrogens is 4. The van der Waals surface area contributed by atoms with E-state index >= 15 is 0 Å². The van der Waals surface area contributed by atoms with Crippen LogP contribution in [0.2, 0.25) is 0 Å². The summed E-state index contributed by atoms with van der Waals surface area (Å²) >= 11 is 1.68. The van der Waals surface area contributed by atoms with E-state index in [9.17, 15) is 9.59 Å². The molecule has 5 rings (SSSR count). The van der Waals surface area contributed by atoms with Crippen molar-refractivity contribution >= 4 is 39.2 Å². The Labute approximate surface area is 171 Å². The summed E-state index contributed by atoms with van der Waals surface area (Å²) in [5.74, 6) is 1.47. The van der Waals surface area contributed by atoms with E-state index in [1.165, 1.54) is 4.88 Å². The highest BCUT2D eigenvalue weighted by Gasteiger charge is 2.27. The van der Waals surface area contributed by atoms with E-state index in [4.69, 9.17) is 9.97 Å². The summed E-state index contributed by atoms with van der Waals surface area (Å²) < 4.78 is 1.54. The summed E-state index contributed by atoms with van der Waals surface area (Å²) in [4.78, 5) is 40.2. The number of fused-ring (bicyclic) bond motifs is 2. The predicted octanol–water partition coefficient (Wildman–Crippen LogP) is 0.779. The number of aryl methyl sites for hydroxylation is 2. The molecule has 0 saturated carbocycles. The lowest BCUT2D eigenvalue weighted by atomic mass is 10.1. The summed E-state index contributed by atoms with van der Waals surface area (Å²) in [6.45, 7) is 5.03. The Hall–Kier alpha value is -2.88. The minimum Gasteiger partial charge on any atom is -0.353 e. The lowest BCUT2D eigenvalue weighted by Crippen LogP contribution is -2.48. The second-order valence-electron chi connectivity index (χ2n) is 7.51. The SMILES string of the molecule is CCc1cc2c(N3CCc4c([nH]n(C)c4=O)C3)nc(N3CCNC(=O)C3)nc2s1. The zero-order valence-corrected chi connectivity index (χ0v) is 17.3. The van der Waals surface area contributed by atoms with Crippen LogP contribution in [0.5, 0.6) is 0 Å². The highest BCUT2D eigenvalue weighted by atomic mass is 32.1. The third-order valence-corrected chi connectivity index (χ3v) is 6.76. The topological polar surface area (TPSA) is 99.1 Å². The Bertz CT molecular complexity index is 1160. The zero-order valence-electron chi connectivity index (χ0n) is 16.5. The van der Waals surface area contributed by atoms with Gasteiger partial charge in [-0.1, -0.05) is 6.92 Å². The highest BCUT2D eigenvalue weighted by molar-refractivity contribution is 7.18. The second-order valence-corrected chi connectivity index (χ2v) is 8.62. The molecule has 0 radical (unpaired) electrons. The third-order valence-electron chi connectivity index (χ3n) is 5.59. The lowest BCUT2D eigenvalue weighted by Gasteiger charge is -2.30. The normalized spacial score (nSPS) is 17.0. The fraction of sp³-hybridized carbons (Fsp3) is 0.474. The number of piperazine rings is 1. The molecule has 0 spiro atoms. The molecule has 29 heavy (non-hydrogen) atoms. The molecule has 1 saturated heterocycles. The minimum atomic E-state index is -0.00796. The van der Waals surface area contributed by atoms with Crippen molar-refractivity contribution in [3.8, 4) is 0 Å². The van der Waals surface area contributed by atoms with Crippen LogP contribution in [0.4, 0.5) is 11.8 Å². The molecule has 2 aliphatic heterocycles. The van der Waals surface area contributed by atoms with Crippen molar-refractivity contribution in [3.63, 3.8) is 0 Å². The van der Waals surface area contributed by atoms with Crippen molar-refractivity contribution in [1.29, 1.82) is 0 Å². The Kier molecular flexibility index (Phi) is 4.30. The van der Waals surface area contributed by atoms with Gasteiger partial charge in [-0.2, -0.15) is 4.98 Å². The molecule has 2 N–H and O–H groups in total. The number of carbonyl (C=O) groups excluding carboxylic acids is 1. The number of hydrogen-bond acceptors (Lipinski definition) is 7. The molecule has 0 unspecified atom stereocenters. The van der Waals surface area contributed by atoms with Gasteiger partial charge in [0.1, 0.15) is 10.6 Å². The molecule has 0 aromatic carbocycles. The molecule has 1 fully saturated rings. The molecular weight excluding hydrogens is 390 g/mol. The average Bonchev–Trinajstić information content (AvgIpc) is 3.27. The van der Waals surface area contributed by atoms with Gasteiger partial charge in [0.05, 0.1) is 24.2 Å². The number of nitrogens with one attached hydrogen (secondary N) is 2. The van der Waals surface area contributed by atoms with Crippen LogP contribution in [0.3, 0.4) is 0 Å². The first-order valence-corrected chi connectivity index (χ1v) is 10.7. The van der Waals surface area contributed by atoms with Gasteiger partial charge in [0.2, 0.25) is 11.9 Å². The standard InChI is InChI=1S/C19H23N7O2S/c1-3-11-8-13-16(25-6-4-12-14(9-25)23-24(2)18(12)28)21-19(22-17(13)29-11)26-7-5-20-15(27)10-26/h8,23H,3-7,9-10H2,1-2H3,(H,20,27). The molecule has 2 aliphatic rings. The van der Waals surface area contributed by atoms with Crippen LogP contribution in [0.25, 0.3) is 10.2 Å². The fourth-order valence-electron chi connectivity index (χ4n) is 4.05. The summed E-state index contributed by atoms with van der Waals surface area (Å²) in [5, 5.41) is 7.06. The maximum atomic E-state index is 12.2. The Morgan fingerprint density at radius 3 is 2.83 bits per heavy atom. The van der Waals surface area contributed by atoms with Crippen molar-refractivity contribution < 1.29 is 4.79 Å². The number of hydrogen-bond donors (Lipinski definition) is 2. The maximum Gasteiger partial charge on any atom is 0.269 e. The van der Waals surface area contributed by atoms with Crippen molar-refractivity contribution in [3.05, 3.63) is 32.6 Å². The van der Waals surface area contributed by atoms with Gasteiger partial charge in [-0.3, -0.25) is 19.4 Å². The predicted molar refractivity (Wildman–Crippen MR) is 113 cm³/mol. The highest BCUT2D eigenvalue weighted by Crippen LogP contribution is 2.34. The van der Waals surface area contributed by atoms with E-state index in [1.807, 2.05) is 4.90 Å². The van der Waals surface area contributed by atoms with Crippen LogP contribution in [0, 0.1) is 0 Å². The Morgan fingerprint density at radius 1 is 1.17 bits per heavy atom. The first-order chi connectivity index (χ1) is 14.0. The second kappa shape index (κ2) is 6.87. The van der Waals surface area contributed by atoms with Crippen molar-refractivity contribution in [2.75, 3.05) is 36.0 Å². The van der Waals surface area contributed by atoms with E-state index in [-0.39, 0.29) is 18.0 Å². The number of anilines is 2. The number of H-pyrrole nitrogens is 1. The third kappa shape index (κ3) is 3.07. The summed E-state index contributed by atoms with van der Waals surface area (Å²) in [6, 6.07) is 2.17. The average molecular weight is 414 g/mol. The van der Waals surface area contributed by atoms with Crippen LogP contribution in [0.1, 0.15) is 23.1 Å². The van der Waals surface area contributed by atoms with Crippen molar-refractivity contribution in [2.45, 2.75) is 26.3 Å². The Balaban J connectivity index is 1.59. The van der Waals surface area contributed by atoms with E-state index < -0.39 is 0 Å². The molecule has 0 atom stereocenters. The number of amides is 1. The van der Waals surface area contributed by atoms with Gasteiger partial charge in [0, 0.05) is 37.1 Å². The molecule has 10 heteroatoms. The van der Waals surface area contributed by atoms with Gasteiger partial charge in [0.25, 0.3) is 5.56 Å². The van der Waals surface area contributed by atoms with Gasteiger partial charge in [-0.25, -0.2) is 4.98 Å². The van der Waals surface area contributed by atoms with Crippen molar-refractivity contribution in [1.82, 2.24) is 25.1 Å².